The van der Waals surface area contributed by atoms with Crippen LogP contribution in [0.3, 0.4) is 0 Å². The molecule has 4 aromatic heterocycles. The molecule has 0 unspecified atom stereocenters. The topological polar surface area (TPSA) is 110 Å². The van der Waals surface area contributed by atoms with Gasteiger partial charge in [-0.05, 0) is 44.4 Å². The van der Waals surface area contributed by atoms with Gasteiger partial charge in [-0.3, -0.25) is 14.6 Å². The molecule has 1 amide bonds. The normalized spacial score (nSPS) is 11.7. The highest BCUT2D eigenvalue weighted by Gasteiger charge is 2.25. The molecule has 0 atom stereocenters. The molecule has 0 saturated heterocycles. The summed E-state index contributed by atoms with van der Waals surface area (Å²) < 4.78 is 3.22. The molecule has 178 valence electrons. The standard InChI is InChI=1S/C26H27N7O2/c1-14(2)22-23(25(34)30-21-9-10-28-33(21)15(3)4)31-32-13-20(29-26(35)24(22)32)17-11-18-16(5)7-6-8-19(18)27-12-17/h6-15H,1-5H3,(H,29,35)(H,30,34). The molecule has 0 aliphatic rings. The molecule has 0 aliphatic carbocycles. The number of nitrogens with zero attached hydrogens (tertiary/aromatic N) is 5. The number of pyridine rings is 1. The van der Waals surface area contributed by atoms with E-state index >= 15 is 0 Å². The van der Waals surface area contributed by atoms with Gasteiger partial charge in [0.05, 0.1) is 23.6 Å². The third-order valence-electron chi connectivity index (χ3n) is 6.11. The molecule has 2 N–H and O–H groups in total. The van der Waals surface area contributed by atoms with Gasteiger partial charge < -0.3 is 10.3 Å². The summed E-state index contributed by atoms with van der Waals surface area (Å²) in [6.07, 6.45) is 5.10. The largest absolute Gasteiger partial charge is 0.319 e. The van der Waals surface area contributed by atoms with Gasteiger partial charge >= 0.3 is 0 Å². The molecule has 35 heavy (non-hydrogen) atoms. The van der Waals surface area contributed by atoms with Crippen LogP contribution in [0, 0.1) is 6.92 Å². The van der Waals surface area contributed by atoms with Crippen molar-refractivity contribution in [2.75, 3.05) is 5.32 Å². The second-order valence-electron chi connectivity index (χ2n) is 9.28. The number of nitrogens with one attached hydrogen (secondary N) is 2. The quantitative estimate of drug-likeness (QED) is 0.388. The number of anilines is 1. The summed E-state index contributed by atoms with van der Waals surface area (Å²) in [5.41, 5.74) is 4.18. The summed E-state index contributed by atoms with van der Waals surface area (Å²) in [5, 5.41) is 12.7. The summed E-state index contributed by atoms with van der Waals surface area (Å²) in [6.45, 7) is 9.87. The highest BCUT2D eigenvalue weighted by molar-refractivity contribution is 6.04. The van der Waals surface area contributed by atoms with E-state index in [4.69, 9.17) is 0 Å². The van der Waals surface area contributed by atoms with Crippen LogP contribution in [0.5, 0.6) is 0 Å². The average molecular weight is 470 g/mol. The second-order valence-corrected chi connectivity index (χ2v) is 9.28. The Kier molecular flexibility index (Phi) is 5.47. The summed E-state index contributed by atoms with van der Waals surface area (Å²) in [6, 6.07) is 9.77. The Balaban J connectivity index is 1.62. The van der Waals surface area contributed by atoms with Gasteiger partial charge in [-0.25, -0.2) is 9.20 Å². The number of rotatable bonds is 5. The first-order valence-electron chi connectivity index (χ1n) is 11.6. The lowest BCUT2D eigenvalue weighted by molar-refractivity contribution is 0.101. The highest BCUT2D eigenvalue weighted by Crippen LogP contribution is 2.27. The molecule has 0 saturated carbocycles. The summed E-state index contributed by atoms with van der Waals surface area (Å²) in [4.78, 5) is 34.0. The van der Waals surface area contributed by atoms with E-state index in [9.17, 15) is 9.59 Å². The van der Waals surface area contributed by atoms with Crippen LogP contribution in [0.4, 0.5) is 5.82 Å². The zero-order valence-electron chi connectivity index (χ0n) is 20.3. The predicted octanol–water partition coefficient (Wildman–Crippen LogP) is 4.70. The van der Waals surface area contributed by atoms with Gasteiger partial charge in [-0.15, -0.1) is 0 Å². The van der Waals surface area contributed by atoms with Crippen LogP contribution < -0.4 is 10.9 Å². The van der Waals surface area contributed by atoms with Crippen molar-refractivity contribution in [2.24, 2.45) is 0 Å². The van der Waals surface area contributed by atoms with Gasteiger partial charge in [0, 0.05) is 34.8 Å². The third kappa shape index (κ3) is 3.88. The minimum Gasteiger partial charge on any atom is -0.319 e. The Hall–Kier alpha value is -4.27. The molecular weight excluding hydrogens is 442 g/mol. The zero-order chi connectivity index (χ0) is 24.9. The summed E-state index contributed by atoms with van der Waals surface area (Å²) >= 11 is 0. The van der Waals surface area contributed by atoms with E-state index < -0.39 is 0 Å². The van der Waals surface area contributed by atoms with Crippen molar-refractivity contribution in [1.82, 2.24) is 29.4 Å². The molecule has 5 aromatic rings. The number of aromatic amines is 1. The van der Waals surface area contributed by atoms with Crippen molar-refractivity contribution in [1.29, 1.82) is 0 Å². The lowest BCUT2D eigenvalue weighted by atomic mass is 10.0. The Labute approximate surface area is 201 Å². The summed E-state index contributed by atoms with van der Waals surface area (Å²) in [7, 11) is 0. The minimum atomic E-state index is -0.385. The predicted molar refractivity (Wildman–Crippen MR) is 136 cm³/mol. The van der Waals surface area contributed by atoms with E-state index in [1.54, 1.807) is 29.3 Å². The monoisotopic (exact) mass is 469 g/mol. The maximum absolute atomic E-state index is 13.3. The first-order valence-corrected chi connectivity index (χ1v) is 11.6. The van der Waals surface area contributed by atoms with Gasteiger partial charge in [-0.2, -0.15) is 10.2 Å². The molecule has 0 radical (unpaired) electrons. The van der Waals surface area contributed by atoms with Gasteiger partial charge in [0.2, 0.25) is 0 Å². The van der Waals surface area contributed by atoms with Crippen LogP contribution in [0.15, 0.2) is 53.7 Å². The van der Waals surface area contributed by atoms with Gasteiger partial charge in [0.1, 0.15) is 11.3 Å². The molecule has 0 fully saturated rings. The molecule has 5 rings (SSSR count). The maximum atomic E-state index is 13.3. The Morgan fingerprint density at radius 1 is 1.14 bits per heavy atom. The minimum absolute atomic E-state index is 0.0792. The Bertz CT molecular complexity index is 1640. The van der Waals surface area contributed by atoms with Crippen LogP contribution in [-0.4, -0.2) is 35.3 Å². The first kappa shape index (κ1) is 22.5. The number of fused-ring (bicyclic) bond motifs is 2. The van der Waals surface area contributed by atoms with Crippen molar-refractivity contribution in [3.8, 4) is 11.3 Å². The van der Waals surface area contributed by atoms with Gasteiger partial charge in [0.25, 0.3) is 11.5 Å². The lowest BCUT2D eigenvalue weighted by Gasteiger charge is -2.12. The molecule has 1 aromatic carbocycles. The Morgan fingerprint density at radius 3 is 2.69 bits per heavy atom. The summed E-state index contributed by atoms with van der Waals surface area (Å²) in [5.74, 6) is 0.0907. The molecular formula is C26H27N7O2. The molecule has 9 heteroatoms. The van der Waals surface area contributed by atoms with Crippen molar-refractivity contribution in [3.63, 3.8) is 0 Å². The number of amides is 1. The van der Waals surface area contributed by atoms with Gasteiger partial charge in [-0.1, -0.05) is 26.0 Å². The van der Waals surface area contributed by atoms with Crippen LogP contribution in [-0.2, 0) is 0 Å². The van der Waals surface area contributed by atoms with Gasteiger partial charge in [0.15, 0.2) is 5.69 Å². The maximum Gasteiger partial charge on any atom is 0.277 e. The van der Waals surface area contributed by atoms with Crippen molar-refractivity contribution in [3.05, 3.63) is 76.1 Å². The first-order chi connectivity index (χ1) is 16.7. The average Bonchev–Trinajstić information content (AvgIpc) is 3.44. The number of aryl methyl sites for hydroxylation is 1. The van der Waals surface area contributed by atoms with E-state index in [0.29, 0.717) is 22.6 Å². The smallest absolute Gasteiger partial charge is 0.277 e. The zero-order valence-corrected chi connectivity index (χ0v) is 20.3. The second kappa shape index (κ2) is 8.50. The SMILES string of the molecule is Cc1cccc2ncc(-c3cn4nc(C(=O)Nc5ccnn5C(C)C)c(C(C)C)c4c(=O)[nH]3)cc12. The number of hydrogen-bond donors (Lipinski definition) is 2. The molecule has 4 heterocycles. The van der Waals surface area contributed by atoms with Crippen molar-refractivity contribution >= 4 is 28.1 Å². The molecule has 0 spiro atoms. The van der Waals surface area contributed by atoms with Crippen LogP contribution in [0.25, 0.3) is 27.7 Å². The van der Waals surface area contributed by atoms with E-state index in [2.05, 4.69) is 25.5 Å². The molecule has 0 aliphatic heterocycles. The third-order valence-corrected chi connectivity index (χ3v) is 6.11. The fraction of sp³-hybridized carbons (Fsp3) is 0.269. The lowest BCUT2D eigenvalue weighted by Crippen LogP contribution is -2.19. The fourth-order valence-electron chi connectivity index (χ4n) is 4.41. The van der Waals surface area contributed by atoms with E-state index in [1.165, 1.54) is 4.52 Å². The van der Waals surface area contributed by atoms with Crippen LogP contribution in [0.1, 0.15) is 61.3 Å². The number of H-pyrrole nitrogens is 1. The number of hydrogen-bond acceptors (Lipinski definition) is 5. The van der Waals surface area contributed by atoms with E-state index in [-0.39, 0.29) is 29.1 Å². The molecule has 0 bridgehead atoms. The van der Waals surface area contributed by atoms with Crippen LogP contribution >= 0.6 is 0 Å². The Morgan fingerprint density at radius 2 is 1.94 bits per heavy atom. The van der Waals surface area contributed by atoms with E-state index in [0.717, 1.165) is 22.0 Å². The number of carbonyl (C=O) groups excluding carboxylic acids is 1. The van der Waals surface area contributed by atoms with Crippen LogP contribution in [0.2, 0.25) is 0 Å². The van der Waals surface area contributed by atoms with Crippen molar-refractivity contribution < 1.29 is 4.79 Å². The number of aromatic nitrogens is 6. The fourth-order valence-corrected chi connectivity index (χ4v) is 4.41. The number of carbonyl (C=O) groups is 1. The molecule has 9 nitrogen and oxygen atoms in total. The number of benzene rings is 1. The van der Waals surface area contributed by atoms with E-state index in [1.807, 2.05) is 58.9 Å². The highest BCUT2D eigenvalue weighted by atomic mass is 16.2. The van der Waals surface area contributed by atoms with Crippen molar-refractivity contribution in [2.45, 2.75) is 46.6 Å².